The van der Waals surface area contributed by atoms with Gasteiger partial charge in [-0.15, -0.1) is 0 Å². The van der Waals surface area contributed by atoms with Crippen LogP contribution in [0.15, 0.2) is 27.8 Å². The highest BCUT2D eigenvalue weighted by Crippen LogP contribution is 2.18. The summed E-state index contributed by atoms with van der Waals surface area (Å²) in [5.74, 6) is 2.23. The lowest BCUT2D eigenvalue weighted by molar-refractivity contribution is -0.136. The van der Waals surface area contributed by atoms with Gasteiger partial charge < -0.3 is 19.5 Å². The van der Waals surface area contributed by atoms with Gasteiger partial charge in [-0.05, 0) is 45.0 Å². The summed E-state index contributed by atoms with van der Waals surface area (Å²) in [5, 5.41) is 3.47. The lowest BCUT2D eigenvalue weighted by Crippen LogP contribution is -2.56. The maximum Gasteiger partial charge on any atom is 0.240 e. The van der Waals surface area contributed by atoms with Crippen molar-refractivity contribution in [2.75, 3.05) is 52.9 Å². The van der Waals surface area contributed by atoms with Crippen molar-refractivity contribution in [1.82, 2.24) is 20.0 Å². The molecule has 1 N–H and O–H groups in total. The number of guanidine groups is 1. The van der Waals surface area contributed by atoms with Crippen molar-refractivity contribution in [2.45, 2.75) is 38.6 Å². The van der Waals surface area contributed by atoms with Crippen LogP contribution in [0.3, 0.4) is 0 Å². The highest BCUT2D eigenvalue weighted by atomic mass is 16.3. The number of carbonyl (C=O) groups excluding carboxylic acids is 1. The van der Waals surface area contributed by atoms with Crippen molar-refractivity contribution in [3.8, 4) is 0 Å². The van der Waals surface area contributed by atoms with Gasteiger partial charge in [-0.2, -0.15) is 0 Å². The molecule has 0 spiro atoms. The molecule has 27 heavy (non-hydrogen) atoms. The summed E-state index contributed by atoms with van der Waals surface area (Å²) in [6.07, 6.45) is 5.69. The van der Waals surface area contributed by atoms with Gasteiger partial charge in [0.15, 0.2) is 5.96 Å². The Balaban J connectivity index is 1.50. The van der Waals surface area contributed by atoms with Crippen molar-refractivity contribution in [1.29, 1.82) is 0 Å². The zero-order chi connectivity index (χ0) is 19.1. The fraction of sp³-hybridized carbons (Fsp3) is 0.700. The number of hydrogen-bond donors (Lipinski definition) is 1. The van der Waals surface area contributed by atoms with Gasteiger partial charge in [0.1, 0.15) is 5.76 Å². The molecule has 3 rings (SSSR count). The van der Waals surface area contributed by atoms with E-state index >= 15 is 0 Å². The Bertz CT molecular complexity index is 608. The van der Waals surface area contributed by atoms with E-state index in [0.717, 1.165) is 83.2 Å². The molecule has 2 aliphatic rings. The van der Waals surface area contributed by atoms with E-state index in [-0.39, 0.29) is 6.04 Å². The van der Waals surface area contributed by atoms with Gasteiger partial charge in [0.25, 0.3) is 0 Å². The summed E-state index contributed by atoms with van der Waals surface area (Å²) in [5.41, 5.74) is 0. The highest BCUT2D eigenvalue weighted by molar-refractivity contribution is 5.83. The maximum absolute atomic E-state index is 12.8. The summed E-state index contributed by atoms with van der Waals surface area (Å²) in [4.78, 5) is 24.0. The largest absolute Gasteiger partial charge is 0.469 e. The van der Waals surface area contributed by atoms with Crippen LogP contribution in [-0.2, 0) is 11.2 Å². The Morgan fingerprint density at radius 1 is 1.26 bits per heavy atom. The van der Waals surface area contributed by atoms with E-state index in [9.17, 15) is 4.79 Å². The molecule has 150 valence electrons. The molecule has 1 atom stereocenters. The number of nitrogens with one attached hydrogen (secondary N) is 1. The second kappa shape index (κ2) is 9.78. The summed E-state index contributed by atoms with van der Waals surface area (Å²) in [6, 6.07) is 3.99. The number of rotatable bonds is 6. The summed E-state index contributed by atoms with van der Waals surface area (Å²) < 4.78 is 5.40. The normalized spacial score (nSPS) is 21.7. The number of amides is 1. The standard InChI is InChI=1S/C20H33N5O2/c1-3-9-21-20(22-10-8-17-6-5-16-27-17)25-14-12-24(13-15-25)19(26)18-7-4-11-23(18)2/h5-6,16,18H,3-4,7-15H2,1-2H3,(H,21,22). The van der Waals surface area contributed by atoms with E-state index in [1.165, 1.54) is 0 Å². The molecule has 2 fully saturated rings. The molecule has 1 amide bonds. The van der Waals surface area contributed by atoms with Crippen molar-refractivity contribution < 1.29 is 9.21 Å². The zero-order valence-corrected chi connectivity index (χ0v) is 16.7. The molecule has 0 saturated carbocycles. The fourth-order valence-electron chi connectivity index (χ4n) is 3.81. The average molecular weight is 376 g/mol. The van der Waals surface area contributed by atoms with Gasteiger partial charge in [-0.1, -0.05) is 6.92 Å². The molecule has 1 aromatic rings. The van der Waals surface area contributed by atoms with Gasteiger partial charge in [-0.25, -0.2) is 0 Å². The molecule has 0 aliphatic carbocycles. The lowest BCUT2D eigenvalue weighted by Gasteiger charge is -2.38. The van der Waals surface area contributed by atoms with Crippen LogP contribution in [0, 0.1) is 0 Å². The van der Waals surface area contributed by atoms with Crippen LogP contribution in [0.4, 0.5) is 0 Å². The number of aliphatic imine (C=N–C) groups is 1. The predicted octanol–water partition coefficient (Wildman–Crippen LogP) is 1.42. The van der Waals surface area contributed by atoms with Crippen LogP contribution >= 0.6 is 0 Å². The van der Waals surface area contributed by atoms with Gasteiger partial charge in [0.2, 0.25) is 5.91 Å². The number of nitrogens with zero attached hydrogens (tertiary/aromatic N) is 4. The Labute approximate surface area is 162 Å². The molecule has 3 heterocycles. The van der Waals surface area contributed by atoms with E-state index in [2.05, 4.69) is 29.1 Å². The van der Waals surface area contributed by atoms with Crippen molar-refractivity contribution in [3.05, 3.63) is 24.2 Å². The smallest absolute Gasteiger partial charge is 0.240 e. The van der Waals surface area contributed by atoms with Gasteiger partial charge in [0, 0.05) is 45.7 Å². The van der Waals surface area contributed by atoms with E-state index < -0.39 is 0 Å². The first kappa shape index (κ1) is 19.7. The van der Waals surface area contributed by atoms with Gasteiger partial charge in [-0.3, -0.25) is 14.7 Å². The van der Waals surface area contributed by atoms with E-state index in [0.29, 0.717) is 5.91 Å². The predicted molar refractivity (Wildman–Crippen MR) is 107 cm³/mol. The van der Waals surface area contributed by atoms with Crippen LogP contribution in [0.5, 0.6) is 0 Å². The summed E-state index contributed by atoms with van der Waals surface area (Å²) in [6.45, 7) is 7.99. The number of furan rings is 1. The molecule has 0 bridgehead atoms. The molecule has 7 heteroatoms. The van der Waals surface area contributed by atoms with Crippen molar-refractivity contribution >= 4 is 11.9 Å². The Morgan fingerprint density at radius 2 is 2.04 bits per heavy atom. The maximum atomic E-state index is 12.8. The second-order valence-electron chi connectivity index (χ2n) is 7.41. The van der Waals surface area contributed by atoms with Crippen LogP contribution in [0.2, 0.25) is 0 Å². The molecule has 2 saturated heterocycles. The number of hydrogen-bond acceptors (Lipinski definition) is 4. The van der Waals surface area contributed by atoms with Crippen LogP contribution in [0.1, 0.15) is 31.9 Å². The number of likely N-dealkylation sites (N-methyl/N-ethyl adjacent to an activating group) is 1. The highest BCUT2D eigenvalue weighted by Gasteiger charge is 2.33. The van der Waals surface area contributed by atoms with Crippen molar-refractivity contribution in [2.24, 2.45) is 4.99 Å². The van der Waals surface area contributed by atoms with Gasteiger partial charge in [0.05, 0.1) is 12.3 Å². The molecular weight excluding hydrogens is 342 g/mol. The second-order valence-corrected chi connectivity index (χ2v) is 7.41. The topological polar surface area (TPSA) is 64.3 Å². The molecule has 2 aliphatic heterocycles. The molecule has 0 radical (unpaired) electrons. The first-order valence-corrected chi connectivity index (χ1v) is 10.2. The average Bonchev–Trinajstić information content (AvgIpc) is 3.36. The summed E-state index contributed by atoms with van der Waals surface area (Å²) in [7, 11) is 2.06. The monoisotopic (exact) mass is 375 g/mol. The molecule has 7 nitrogen and oxygen atoms in total. The third-order valence-corrected chi connectivity index (χ3v) is 5.42. The molecule has 0 aromatic carbocycles. The van der Waals surface area contributed by atoms with Gasteiger partial charge >= 0.3 is 0 Å². The number of likely N-dealkylation sites (tertiary alicyclic amines) is 1. The number of carbonyl (C=O) groups is 1. The minimum absolute atomic E-state index is 0.0798. The fourth-order valence-corrected chi connectivity index (χ4v) is 3.81. The quantitative estimate of drug-likeness (QED) is 0.602. The Morgan fingerprint density at radius 3 is 2.67 bits per heavy atom. The first-order chi connectivity index (χ1) is 13.2. The molecular formula is C20H33N5O2. The zero-order valence-electron chi connectivity index (χ0n) is 16.7. The molecule has 1 aromatic heterocycles. The van der Waals surface area contributed by atoms with Crippen molar-refractivity contribution in [3.63, 3.8) is 0 Å². The summed E-state index contributed by atoms with van der Waals surface area (Å²) >= 11 is 0. The SMILES string of the molecule is CCCN=C(NCCc1ccco1)N1CCN(C(=O)C2CCCN2C)CC1. The van der Waals surface area contributed by atoms with Crippen LogP contribution < -0.4 is 5.32 Å². The third-order valence-electron chi connectivity index (χ3n) is 5.42. The minimum atomic E-state index is 0.0798. The molecule has 1 unspecified atom stereocenters. The Hall–Kier alpha value is -2.02. The minimum Gasteiger partial charge on any atom is -0.469 e. The van der Waals surface area contributed by atoms with E-state index in [1.54, 1.807) is 6.26 Å². The van der Waals surface area contributed by atoms with Crippen LogP contribution in [0.25, 0.3) is 0 Å². The van der Waals surface area contributed by atoms with Crippen LogP contribution in [-0.4, -0.2) is 85.5 Å². The Kier molecular flexibility index (Phi) is 7.15. The third kappa shape index (κ3) is 5.25. The lowest BCUT2D eigenvalue weighted by atomic mass is 10.1. The number of piperazine rings is 1. The van der Waals surface area contributed by atoms with E-state index in [1.807, 2.05) is 17.0 Å². The first-order valence-electron chi connectivity index (χ1n) is 10.2. The van der Waals surface area contributed by atoms with E-state index in [4.69, 9.17) is 9.41 Å².